The van der Waals surface area contributed by atoms with Crippen LogP contribution in [-0.4, -0.2) is 48.8 Å². The summed E-state index contributed by atoms with van der Waals surface area (Å²) < 4.78 is 11.1. The Morgan fingerprint density at radius 3 is 3.00 bits per heavy atom. The summed E-state index contributed by atoms with van der Waals surface area (Å²) in [5, 5.41) is 0. The molecule has 2 atom stereocenters. The number of para-hydroxylation sites is 1. The number of pyridine rings is 1. The molecule has 1 fully saturated rings. The van der Waals surface area contributed by atoms with Crippen molar-refractivity contribution >= 4 is 0 Å². The third-order valence-corrected chi connectivity index (χ3v) is 5.26. The molecule has 0 spiro atoms. The summed E-state index contributed by atoms with van der Waals surface area (Å²) >= 11 is 0. The smallest absolute Gasteiger partial charge is 0.231 e. The van der Waals surface area contributed by atoms with Gasteiger partial charge in [0.05, 0.1) is 0 Å². The maximum atomic E-state index is 5.64. The van der Waals surface area contributed by atoms with Gasteiger partial charge in [-0.15, -0.1) is 0 Å². The van der Waals surface area contributed by atoms with Crippen LogP contribution in [0.2, 0.25) is 0 Å². The maximum absolute atomic E-state index is 5.64. The van der Waals surface area contributed by atoms with Crippen LogP contribution in [-0.2, 0) is 6.54 Å². The van der Waals surface area contributed by atoms with Gasteiger partial charge >= 0.3 is 0 Å². The SMILES string of the molecule is CN(Cc1cccc2c1OCO2)C[C@@H]1CCN(C)[C@H]1c1cccnc1. The predicted octanol–water partition coefficient (Wildman–Crippen LogP) is 2.94. The molecular formula is C20H25N3O2. The lowest BCUT2D eigenvalue weighted by molar-refractivity contribution is 0.171. The molecule has 0 aliphatic carbocycles. The summed E-state index contributed by atoms with van der Waals surface area (Å²) in [6.07, 6.45) is 5.07. The summed E-state index contributed by atoms with van der Waals surface area (Å²) in [6.45, 7) is 3.38. The van der Waals surface area contributed by atoms with Crippen molar-refractivity contribution in [2.75, 3.05) is 34.0 Å². The number of ether oxygens (including phenoxy) is 2. The molecule has 0 unspecified atom stereocenters. The van der Waals surface area contributed by atoms with Crippen LogP contribution in [0.15, 0.2) is 42.7 Å². The Morgan fingerprint density at radius 1 is 1.24 bits per heavy atom. The summed E-state index contributed by atoms with van der Waals surface area (Å²) in [7, 11) is 4.40. The number of aromatic nitrogens is 1. The molecule has 3 heterocycles. The minimum Gasteiger partial charge on any atom is -0.454 e. The fourth-order valence-corrected chi connectivity index (χ4v) is 4.17. The Bertz CT molecular complexity index is 722. The molecule has 1 aromatic carbocycles. The van der Waals surface area contributed by atoms with E-state index in [1.807, 2.05) is 30.6 Å². The molecule has 0 amide bonds. The topological polar surface area (TPSA) is 37.8 Å². The van der Waals surface area contributed by atoms with Crippen LogP contribution in [0.1, 0.15) is 23.6 Å². The zero-order chi connectivity index (χ0) is 17.2. The minimum absolute atomic E-state index is 0.326. The average molecular weight is 339 g/mol. The van der Waals surface area contributed by atoms with Crippen molar-refractivity contribution in [1.29, 1.82) is 0 Å². The van der Waals surface area contributed by atoms with Gasteiger partial charge in [0.1, 0.15) is 0 Å². The third kappa shape index (κ3) is 3.34. The highest BCUT2D eigenvalue weighted by Gasteiger charge is 2.33. The van der Waals surface area contributed by atoms with Gasteiger partial charge in [0.2, 0.25) is 6.79 Å². The second kappa shape index (κ2) is 7.02. The van der Waals surface area contributed by atoms with Crippen LogP contribution in [0.5, 0.6) is 11.5 Å². The Hall–Kier alpha value is -2.11. The molecule has 1 saturated heterocycles. The van der Waals surface area contributed by atoms with E-state index >= 15 is 0 Å². The molecule has 0 saturated carbocycles. The lowest BCUT2D eigenvalue weighted by Crippen LogP contribution is -2.30. The largest absolute Gasteiger partial charge is 0.454 e. The molecule has 0 N–H and O–H groups in total. The van der Waals surface area contributed by atoms with Crippen molar-refractivity contribution in [3.05, 3.63) is 53.9 Å². The van der Waals surface area contributed by atoms with Crippen molar-refractivity contribution in [3.63, 3.8) is 0 Å². The highest BCUT2D eigenvalue weighted by Crippen LogP contribution is 2.38. The number of hydrogen-bond acceptors (Lipinski definition) is 5. The van der Waals surface area contributed by atoms with Crippen LogP contribution < -0.4 is 9.47 Å². The normalized spacial score (nSPS) is 22.7. The molecule has 25 heavy (non-hydrogen) atoms. The van der Waals surface area contributed by atoms with E-state index in [0.717, 1.165) is 31.1 Å². The Balaban J connectivity index is 1.45. The second-order valence-electron chi connectivity index (χ2n) is 7.11. The Morgan fingerprint density at radius 2 is 2.16 bits per heavy atom. The van der Waals surface area contributed by atoms with Crippen LogP contribution >= 0.6 is 0 Å². The Labute approximate surface area is 149 Å². The Kier molecular flexibility index (Phi) is 4.59. The summed E-state index contributed by atoms with van der Waals surface area (Å²) in [4.78, 5) is 9.16. The lowest BCUT2D eigenvalue weighted by Gasteiger charge is -2.28. The molecule has 5 nitrogen and oxygen atoms in total. The molecule has 0 radical (unpaired) electrons. The molecule has 132 valence electrons. The van der Waals surface area contributed by atoms with Crippen molar-refractivity contribution in [2.24, 2.45) is 5.92 Å². The van der Waals surface area contributed by atoms with Gasteiger partial charge in [0.25, 0.3) is 0 Å². The van der Waals surface area contributed by atoms with Gasteiger partial charge in [-0.2, -0.15) is 0 Å². The van der Waals surface area contributed by atoms with Gasteiger partial charge in [-0.3, -0.25) is 9.88 Å². The number of rotatable bonds is 5. The number of nitrogens with zero attached hydrogens (tertiary/aromatic N) is 3. The van der Waals surface area contributed by atoms with Crippen LogP contribution in [0.4, 0.5) is 0 Å². The lowest BCUT2D eigenvalue weighted by atomic mass is 9.94. The third-order valence-electron chi connectivity index (χ3n) is 5.26. The van der Waals surface area contributed by atoms with E-state index in [-0.39, 0.29) is 0 Å². The second-order valence-corrected chi connectivity index (χ2v) is 7.11. The molecule has 4 rings (SSSR count). The summed E-state index contributed by atoms with van der Waals surface area (Å²) in [5.41, 5.74) is 2.51. The van der Waals surface area contributed by atoms with E-state index in [9.17, 15) is 0 Å². The number of likely N-dealkylation sites (tertiary alicyclic amines) is 1. The van der Waals surface area contributed by atoms with E-state index < -0.39 is 0 Å². The van der Waals surface area contributed by atoms with Crippen molar-refractivity contribution in [1.82, 2.24) is 14.8 Å². The van der Waals surface area contributed by atoms with Gasteiger partial charge in [-0.05, 0) is 50.7 Å². The fraction of sp³-hybridized carbons (Fsp3) is 0.450. The van der Waals surface area contributed by atoms with E-state index in [4.69, 9.17) is 9.47 Å². The standard InChI is InChI=1S/C20H25N3O2/c1-22(13-17-5-3-7-18-20(17)25-14-24-18)12-16-8-10-23(2)19(16)15-6-4-9-21-11-15/h3-7,9,11,16,19H,8,10,12-14H2,1-2H3/t16-,19-/m0/s1. The molecule has 5 heteroatoms. The van der Waals surface area contributed by atoms with Crippen LogP contribution in [0.3, 0.4) is 0 Å². The van der Waals surface area contributed by atoms with Crippen molar-refractivity contribution in [3.8, 4) is 11.5 Å². The van der Waals surface area contributed by atoms with E-state index in [1.54, 1.807) is 0 Å². The summed E-state index contributed by atoms with van der Waals surface area (Å²) in [6, 6.07) is 10.8. The van der Waals surface area contributed by atoms with Gasteiger partial charge in [-0.25, -0.2) is 0 Å². The first-order valence-corrected chi connectivity index (χ1v) is 8.88. The molecular weight excluding hydrogens is 314 g/mol. The number of hydrogen-bond donors (Lipinski definition) is 0. The monoisotopic (exact) mass is 339 g/mol. The van der Waals surface area contributed by atoms with Crippen LogP contribution in [0, 0.1) is 5.92 Å². The van der Waals surface area contributed by atoms with E-state index in [1.165, 1.54) is 17.5 Å². The van der Waals surface area contributed by atoms with Gasteiger partial charge in [-0.1, -0.05) is 18.2 Å². The van der Waals surface area contributed by atoms with Crippen molar-refractivity contribution < 1.29 is 9.47 Å². The molecule has 0 bridgehead atoms. The number of benzene rings is 1. The molecule has 2 aromatic rings. The van der Waals surface area contributed by atoms with Gasteiger partial charge < -0.3 is 14.4 Å². The van der Waals surface area contributed by atoms with Crippen LogP contribution in [0.25, 0.3) is 0 Å². The highest BCUT2D eigenvalue weighted by molar-refractivity contribution is 5.48. The molecule has 2 aliphatic rings. The van der Waals surface area contributed by atoms with E-state index in [0.29, 0.717) is 18.8 Å². The first-order chi connectivity index (χ1) is 12.2. The fourth-order valence-electron chi connectivity index (χ4n) is 4.17. The summed E-state index contributed by atoms with van der Waals surface area (Å²) in [5.74, 6) is 2.37. The maximum Gasteiger partial charge on any atom is 0.231 e. The first kappa shape index (κ1) is 16.4. The predicted molar refractivity (Wildman–Crippen MR) is 96.6 cm³/mol. The first-order valence-electron chi connectivity index (χ1n) is 8.88. The quantitative estimate of drug-likeness (QED) is 0.837. The van der Waals surface area contributed by atoms with Gasteiger partial charge in [0, 0.05) is 37.1 Å². The molecule has 1 aromatic heterocycles. The average Bonchev–Trinajstić information content (AvgIpc) is 3.23. The van der Waals surface area contributed by atoms with E-state index in [2.05, 4.69) is 41.0 Å². The highest BCUT2D eigenvalue weighted by atomic mass is 16.7. The zero-order valence-corrected chi connectivity index (χ0v) is 14.9. The zero-order valence-electron chi connectivity index (χ0n) is 14.9. The van der Waals surface area contributed by atoms with Gasteiger partial charge in [0.15, 0.2) is 11.5 Å². The number of fused-ring (bicyclic) bond motifs is 1. The minimum atomic E-state index is 0.326. The van der Waals surface area contributed by atoms with Crippen molar-refractivity contribution in [2.45, 2.75) is 19.0 Å². The molecule has 2 aliphatic heterocycles.